The van der Waals surface area contributed by atoms with E-state index in [4.69, 9.17) is 5.21 Å². The SMILES string of the molecule is Cl.O=C(NO)C1COC1. The van der Waals surface area contributed by atoms with Crippen molar-refractivity contribution in [2.24, 2.45) is 5.92 Å². The molecular weight excluding hydrogens is 146 g/mol. The smallest absolute Gasteiger partial charge is 0.251 e. The molecule has 0 aliphatic carbocycles. The summed E-state index contributed by atoms with van der Waals surface area (Å²) in [7, 11) is 0. The molecular formula is C4H8ClNO3. The van der Waals surface area contributed by atoms with Gasteiger partial charge in [-0.3, -0.25) is 10.0 Å². The van der Waals surface area contributed by atoms with Crippen molar-refractivity contribution in [1.82, 2.24) is 5.48 Å². The first-order valence-corrected chi connectivity index (χ1v) is 2.36. The first-order valence-electron chi connectivity index (χ1n) is 2.36. The third kappa shape index (κ3) is 1.82. The quantitative estimate of drug-likeness (QED) is 0.397. The van der Waals surface area contributed by atoms with Gasteiger partial charge in [0.2, 0.25) is 0 Å². The van der Waals surface area contributed by atoms with E-state index in [-0.39, 0.29) is 24.2 Å². The van der Waals surface area contributed by atoms with E-state index in [2.05, 4.69) is 4.74 Å². The molecule has 0 saturated carbocycles. The van der Waals surface area contributed by atoms with Crippen LogP contribution in [0.25, 0.3) is 0 Å². The summed E-state index contributed by atoms with van der Waals surface area (Å²) in [6.45, 7) is 0.874. The molecule has 1 amide bonds. The first kappa shape index (κ1) is 8.68. The molecule has 9 heavy (non-hydrogen) atoms. The van der Waals surface area contributed by atoms with E-state index in [1.165, 1.54) is 0 Å². The number of ether oxygens (including phenoxy) is 1. The molecule has 1 aliphatic rings. The van der Waals surface area contributed by atoms with Crippen LogP contribution in [0.15, 0.2) is 0 Å². The molecule has 0 aromatic carbocycles. The highest BCUT2D eigenvalue weighted by atomic mass is 35.5. The van der Waals surface area contributed by atoms with E-state index >= 15 is 0 Å². The fourth-order valence-corrected chi connectivity index (χ4v) is 0.478. The lowest BCUT2D eigenvalue weighted by Gasteiger charge is -2.22. The summed E-state index contributed by atoms with van der Waals surface area (Å²) in [6.07, 6.45) is 0. The van der Waals surface area contributed by atoms with Crippen LogP contribution < -0.4 is 5.48 Å². The van der Waals surface area contributed by atoms with Gasteiger partial charge >= 0.3 is 0 Å². The summed E-state index contributed by atoms with van der Waals surface area (Å²) in [6, 6.07) is 0. The Morgan fingerprint density at radius 1 is 1.67 bits per heavy atom. The van der Waals surface area contributed by atoms with Gasteiger partial charge in [-0.05, 0) is 0 Å². The highest BCUT2D eigenvalue weighted by molar-refractivity contribution is 5.85. The second kappa shape index (κ2) is 3.66. The Morgan fingerprint density at radius 2 is 2.22 bits per heavy atom. The largest absolute Gasteiger partial charge is 0.380 e. The van der Waals surface area contributed by atoms with E-state index in [1.54, 1.807) is 5.48 Å². The lowest BCUT2D eigenvalue weighted by Crippen LogP contribution is -2.40. The lowest BCUT2D eigenvalue weighted by molar-refractivity contribution is -0.147. The molecule has 2 N–H and O–H groups in total. The van der Waals surface area contributed by atoms with Crippen molar-refractivity contribution >= 4 is 18.3 Å². The molecule has 1 heterocycles. The second-order valence-corrected chi connectivity index (χ2v) is 1.71. The van der Waals surface area contributed by atoms with Gasteiger partial charge < -0.3 is 4.74 Å². The average molecular weight is 154 g/mol. The van der Waals surface area contributed by atoms with Crippen molar-refractivity contribution < 1.29 is 14.7 Å². The zero-order chi connectivity index (χ0) is 5.98. The molecule has 0 atom stereocenters. The van der Waals surface area contributed by atoms with Gasteiger partial charge in [0, 0.05) is 0 Å². The summed E-state index contributed by atoms with van der Waals surface area (Å²) >= 11 is 0. The summed E-state index contributed by atoms with van der Waals surface area (Å²) in [4.78, 5) is 10.4. The number of nitrogens with one attached hydrogen (secondary N) is 1. The van der Waals surface area contributed by atoms with E-state index < -0.39 is 0 Å². The predicted molar refractivity (Wildman–Crippen MR) is 31.5 cm³/mol. The Bertz CT molecular complexity index is 104. The van der Waals surface area contributed by atoms with Crippen LogP contribution >= 0.6 is 12.4 Å². The summed E-state index contributed by atoms with van der Waals surface area (Å²) in [5.74, 6) is -0.476. The van der Waals surface area contributed by atoms with Crippen LogP contribution in [0, 0.1) is 5.92 Å². The Kier molecular flexibility index (Phi) is 3.53. The van der Waals surface area contributed by atoms with Crippen LogP contribution in [-0.4, -0.2) is 24.3 Å². The minimum atomic E-state index is -0.351. The van der Waals surface area contributed by atoms with Crippen LogP contribution in [0.4, 0.5) is 0 Å². The van der Waals surface area contributed by atoms with Gasteiger partial charge in [-0.15, -0.1) is 12.4 Å². The van der Waals surface area contributed by atoms with Crippen molar-refractivity contribution in [3.63, 3.8) is 0 Å². The van der Waals surface area contributed by atoms with Crippen molar-refractivity contribution in [3.8, 4) is 0 Å². The minimum Gasteiger partial charge on any atom is -0.380 e. The van der Waals surface area contributed by atoms with Crippen LogP contribution in [0.2, 0.25) is 0 Å². The number of hydrogen-bond acceptors (Lipinski definition) is 3. The minimum absolute atomic E-state index is 0. The standard InChI is InChI=1S/C4H7NO3.ClH/c6-4(5-7)3-1-8-2-3;/h3,7H,1-2H2,(H,5,6);1H. The van der Waals surface area contributed by atoms with Gasteiger partial charge in [0.1, 0.15) is 0 Å². The molecule has 0 bridgehead atoms. The van der Waals surface area contributed by atoms with E-state index in [0.717, 1.165) is 0 Å². The number of hydroxylamine groups is 1. The van der Waals surface area contributed by atoms with Crippen LogP contribution in [0.5, 0.6) is 0 Å². The first-order chi connectivity index (χ1) is 3.84. The van der Waals surface area contributed by atoms with Crippen LogP contribution in [0.3, 0.4) is 0 Å². The predicted octanol–water partition coefficient (Wildman–Crippen LogP) is -0.440. The number of hydrogen-bond donors (Lipinski definition) is 2. The molecule has 4 nitrogen and oxygen atoms in total. The van der Waals surface area contributed by atoms with Crippen LogP contribution in [0.1, 0.15) is 0 Å². The molecule has 1 rings (SSSR count). The Balaban J connectivity index is 0.000000640. The van der Waals surface area contributed by atoms with Gasteiger partial charge in [-0.1, -0.05) is 0 Å². The molecule has 54 valence electrons. The Morgan fingerprint density at radius 3 is 2.33 bits per heavy atom. The Hall–Kier alpha value is -0.320. The maximum absolute atomic E-state index is 10.4. The van der Waals surface area contributed by atoms with E-state index in [0.29, 0.717) is 13.2 Å². The van der Waals surface area contributed by atoms with Crippen molar-refractivity contribution in [1.29, 1.82) is 0 Å². The molecule has 5 heteroatoms. The monoisotopic (exact) mass is 153 g/mol. The highest BCUT2D eigenvalue weighted by Gasteiger charge is 2.25. The topological polar surface area (TPSA) is 58.6 Å². The molecule has 1 saturated heterocycles. The zero-order valence-corrected chi connectivity index (χ0v) is 5.48. The lowest BCUT2D eigenvalue weighted by atomic mass is 10.1. The van der Waals surface area contributed by atoms with Gasteiger partial charge in [0.05, 0.1) is 19.1 Å². The third-order valence-corrected chi connectivity index (χ3v) is 1.12. The fourth-order valence-electron chi connectivity index (χ4n) is 0.478. The fraction of sp³-hybridized carbons (Fsp3) is 0.750. The number of carbonyl (C=O) groups is 1. The average Bonchev–Trinajstić information content (AvgIpc) is 1.62. The zero-order valence-electron chi connectivity index (χ0n) is 4.66. The van der Waals surface area contributed by atoms with Gasteiger partial charge in [0.15, 0.2) is 0 Å². The van der Waals surface area contributed by atoms with Crippen molar-refractivity contribution in [3.05, 3.63) is 0 Å². The summed E-state index contributed by atoms with van der Waals surface area (Å²) in [5.41, 5.74) is 1.55. The van der Waals surface area contributed by atoms with Gasteiger partial charge in [-0.25, -0.2) is 5.48 Å². The molecule has 1 fully saturated rings. The number of halogens is 1. The molecule has 0 aromatic heterocycles. The molecule has 0 aromatic rings. The van der Waals surface area contributed by atoms with Crippen LogP contribution in [-0.2, 0) is 9.53 Å². The highest BCUT2D eigenvalue weighted by Crippen LogP contribution is 2.08. The molecule has 0 unspecified atom stereocenters. The number of carbonyl (C=O) groups excluding carboxylic acids is 1. The van der Waals surface area contributed by atoms with Gasteiger partial charge in [0.25, 0.3) is 5.91 Å². The maximum atomic E-state index is 10.4. The van der Waals surface area contributed by atoms with E-state index in [9.17, 15) is 4.79 Å². The normalized spacial score (nSPS) is 17.4. The summed E-state index contributed by atoms with van der Waals surface area (Å²) < 4.78 is 4.69. The molecule has 0 radical (unpaired) electrons. The summed E-state index contributed by atoms with van der Waals surface area (Å²) in [5, 5.41) is 8.02. The van der Waals surface area contributed by atoms with E-state index in [1.807, 2.05) is 0 Å². The van der Waals surface area contributed by atoms with Crippen molar-refractivity contribution in [2.45, 2.75) is 0 Å². The Labute approximate surface area is 58.6 Å². The third-order valence-electron chi connectivity index (χ3n) is 1.12. The van der Waals surface area contributed by atoms with Crippen molar-refractivity contribution in [2.75, 3.05) is 13.2 Å². The molecule has 0 spiro atoms. The molecule has 1 aliphatic heterocycles. The maximum Gasteiger partial charge on any atom is 0.251 e. The van der Waals surface area contributed by atoms with Gasteiger partial charge in [-0.2, -0.15) is 0 Å². The number of rotatable bonds is 1. The second-order valence-electron chi connectivity index (χ2n) is 1.71. The number of amides is 1.